The van der Waals surface area contributed by atoms with Gasteiger partial charge in [0.05, 0.1) is 0 Å². The van der Waals surface area contributed by atoms with Crippen LogP contribution >= 0.6 is 0 Å². The number of carbonyl (C=O) groups excluding carboxylic acids is 1. The first-order valence-electron chi connectivity index (χ1n) is 9.35. The molecule has 1 aromatic heterocycles. The van der Waals surface area contributed by atoms with Gasteiger partial charge in [-0.15, -0.1) is 0 Å². The van der Waals surface area contributed by atoms with Crippen molar-refractivity contribution < 1.29 is 4.79 Å². The molecule has 0 saturated carbocycles. The van der Waals surface area contributed by atoms with E-state index in [1.165, 1.54) is 0 Å². The Morgan fingerprint density at radius 2 is 1.38 bits per heavy atom. The highest BCUT2D eigenvalue weighted by Gasteiger charge is 2.06. The zero-order valence-corrected chi connectivity index (χ0v) is 17.4. The molecule has 0 bridgehead atoms. The second-order valence-corrected chi connectivity index (χ2v) is 7.24. The van der Waals surface area contributed by atoms with Crippen LogP contribution in [0.4, 0.5) is 33.6 Å². The van der Waals surface area contributed by atoms with Gasteiger partial charge in [-0.25, -0.2) is 9.78 Å². The van der Waals surface area contributed by atoms with E-state index in [1.54, 1.807) is 0 Å². The SMILES string of the molecule is Cc1cc(C)cc(NC(=O)Nc2ccc(Nc3nc(C)cc(N(C)C)n3)cc2)c1. The van der Waals surface area contributed by atoms with Crippen LogP contribution in [0.15, 0.2) is 48.5 Å². The molecule has 0 aliphatic rings. The summed E-state index contributed by atoms with van der Waals surface area (Å²) < 4.78 is 0. The first-order valence-corrected chi connectivity index (χ1v) is 9.35. The van der Waals surface area contributed by atoms with Gasteiger partial charge >= 0.3 is 6.03 Å². The molecule has 0 radical (unpaired) electrons. The zero-order chi connectivity index (χ0) is 21.0. The molecule has 2 aromatic carbocycles. The fraction of sp³-hybridized carbons (Fsp3) is 0.227. The van der Waals surface area contributed by atoms with Crippen molar-refractivity contribution in [3.05, 3.63) is 65.4 Å². The lowest BCUT2D eigenvalue weighted by Gasteiger charge is -2.14. The van der Waals surface area contributed by atoms with E-state index in [1.807, 2.05) is 82.2 Å². The summed E-state index contributed by atoms with van der Waals surface area (Å²) in [6, 6.07) is 15.0. The Morgan fingerprint density at radius 3 is 2.00 bits per heavy atom. The van der Waals surface area contributed by atoms with Crippen molar-refractivity contribution in [2.45, 2.75) is 20.8 Å². The van der Waals surface area contributed by atoms with Gasteiger partial charge < -0.3 is 20.9 Å². The molecule has 0 unspecified atom stereocenters. The van der Waals surface area contributed by atoms with E-state index >= 15 is 0 Å². The molecular weight excluding hydrogens is 364 g/mol. The molecule has 0 fully saturated rings. The van der Waals surface area contributed by atoms with Crippen LogP contribution in [-0.2, 0) is 0 Å². The number of nitrogens with one attached hydrogen (secondary N) is 3. The highest BCUT2D eigenvalue weighted by atomic mass is 16.2. The average molecular weight is 390 g/mol. The fourth-order valence-electron chi connectivity index (χ4n) is 2.94. The summed E-state index contributed by atoms with van der Waals surface area (Å²) in [6.07, 6.45) is 0. The van der Waals surface area contributed by atoms with E-state index < -0.39 is 0 Å². The normalized spacial score (nSPS) is 10.4. The molecule has 0 atom stereocenters. The number of hydrogen-bond acceptors (Lipinski definition) is 5. The number of hydrogen-bond donors (Lipinski definition) is 3. The number of carbonyl (C=O) groups is 1. The van der Waals surface area contributed by atoms with Gasteiger partial charge in [0.1, 0.15) is 5.82 Å². The Kier molecular flexibility index (Phi) is 5.97. The minimum Gasteiger partial charge on any atom is -0.363 e. The Hall–Kier alpha value is -3.61. The van der Waals surface area contributed by atoms with Crippen LogP contribution in [0.5, 0.6) is 0 Å². The molecule has 0 spiro atoms. The van der Waals surface area contributed by atoms with Gasteiger partial charge in [-0.1, -0.05) is 6.07 Å². The summed E-state index contributed by atoms with van der Waals surface area (Å²) in [7, 11) is 3.88. The van der Waals surface area contributed by atoms with Crippen molar-refractivity contribution in [1.29, 1.82) is 0 Å². The summed E-state index contributed by atoms with van der Waals surface area (Å²) in [4.78, 5) is 23.1. The Labute approximate surface area is 171 Å². The third-order valence-electron chi connectivity index (χ3n) is 4.18. The lowest BCUT2D eigenvalue weighted by Crippen LogP contribution is -2.19. The third-order valence-corrected chi connectivity index (χ3v) is 4.18. The molecule has 29 heavy (non-hydrogen) atoms. The van der Waals surface area contributed by atoms with Gasteiger partial charge in [-0.3, -0.25) is 0 Å². The minimum absolute atomic E-state index is 0.284. The summed E-state index contributed by atoms with van der Waals surface area (Å²) in [6.45, 7) is 5.93. The maximum Gasteiger partial charge on any atom is 0.323 e. The number of rotatable bonds is 5. The van der Waals surface area contributed by atoms with Crippen LogP contribution < -0.4 is 20.9 Å². The Balaban J connectivity index is 1.63. The number of aryl methyl sites for hydroxylation is 3. The number of urea groups is 1. The molecule has 3 rings (SSSR count). The molecule has 3 N–H and O–H groups in total. The van der Waals surface area contributed by atoms with Crippen molar-refractivity contribution in [3.63, 3.8) is 0 Å². The van der Waals surface area contributed by atoms with Crippen molar-refractivity contribution in [2.75, 3.05) is 34.9 Å². The fourth-order valence-corrected chi connectivity index (χ4v) is 2.94. The topological polar surface area (TPSA) is 82.2 Å². The number of benzene rings is 2. The second kappa shape index (κ2) is 8.60. The molecule has 3 aromatic rings. The van der Waals surface area contributed by atoms with Crippen LogP contribution in [0, 0.1) is 20.8 Å². The summed E-state index contributed by atoms with van der Waals surface area (Å²) in [5.74, 6) is 1.36. The highest BCUT2D eigenvalue weighted by molar-refractivity contribution is 5.99. The van der Waals surface area contributed by atoms with Crippen LogP contribution in [0.1, 0.15) is 16.8 Å². The second-order valence-electron chi connectivity index (χ2n) is 7.24. The molecule has 7 nitrogen and oxygen atoms in total. The Bertz CT molecular complexity index is 994. The maximum absolute atomic E-state index is 12.3. The van der Waals surface area contributed by atoms with E-state index in [-0.39, 0.29) is 6.03 Å². The van der Waals surface area contributed by atoms with Gasteiger partial charge in [-0.2, -0.15) is 4.98 Å². The van der Waals surface area contributed by atoms with Crippen molar-refractivity contribution in [3.8, 4) is 0 Å². The van der Waals surface area contributed by atoms with Crippen molar-refractivity contribution in [2.24, 2.45) is 0 Å². The number of amides is 2. The van der Waals surface area contributed by atoms with Crippen LogP contribution in [0.3, 0.4) is 0 Å². The molecule has 0 aliphatic carbocycles. The van der Waals surface area contributed by atoms with Gasteiger partial charge in [-0.05, 0) is 68.3 Å². The van der Waals surface area contributed by atoms with Crippen molar-refractivity contribution >= 4 is 34.9 Å². The van der Waals surface area contributed by atoms with Crippen molar-refractivity contribution in [1.82, 2.24) is 9.97 Å². The summed E-state index contributed by atoms with van der Waals surface area (Å²) in [5, 5.41) is 8.89. The Morgan fingerprint density at radius 1 is 0.793 bits per heavy atom. The maximum atomic E-state index is 12.3. The van der Waals surface area contributed by atoms with Crippen LogP contribution in [0.2, 0.25) is 0 Å². The smallest absolute Gasteiger partial charge is 0.323 e. The monoisotopic (exact) mass is 390 g/mol. The average Bonchev–Trinajstić information content (AvgIpc) is 2.62. The van der Waals surface area contributed by atoms with E-state index in [4.69, 9.17) is 0 Å². The zero-order valence-electron chi connectivity index (χ0n) is 17.4. The largest absolute Gasteiger partial charge is 0.363 e. The predicted octanol–water partition coefficient (Wildman–Crippen LogP) is 4.86. The quantitative estimate of drug-likeness (QED) is 0.580. The van der Waals surface area contributed by atoms with Gasteiger partial charge in [0.2, 0.25) is 5.95 Å². The molecule has 7 heteroatoms. The van der Waals surface area contributed by atoms with E-state index in [9.17, 15) is 4.79 Å². The standard InChI is InChI=1S/C22H26N6O/c1-14-10-15(2)12-19(11-14)26-22(29)25-18-8-6-17(7-9-18)24-21-23-16(3)13-20(27-21)28(4)5/h6-13H,1-5H3,(H,23,24,27)(H2,25,26,29). The first kappa shape index (κ1) is 20.1. The molecule has 150 valence electrons. The van der Waals surface area contributed by atoms with Crippen LogP contribution in [-0.4, -0.2) is 30.1 Å². The van der Waals surface area contributed by atoms with E-state index in [0.29, 0.717) is 11.6 Å². The van der Waals surface area contributed by atoms with Gasteiger partial charge in [0, 0.05) is 42.9 Å². The molecule has 1 heterocycles. The van der Waals surface area contributed by atoms with E-state index in [2.05, 4.69) is 32.0 Å². The summed E-state index contributed by atoms with van der Waals surface area (Å²) in [5.41, 5.74) is 5.38. The summed E-state index contributed by atoms with van der Waals surface area (Å²) >= 11 is 0. The number of aromatic nitrogens is 2. The molecule has 0 aliphatic heterocycles. The molecule has 2 amide bonds. The van der Waals surface area contributed by atoms with Gasteiger partial charge in [0.15, 0.2) is 0 Å². The lowest BCUT2D eigenvalue weighted by molar-refractivity contribution is 0.262. The van der Waals surface area contributed by atoms with Gasteiger partial charge in [0.25, 0.3) is 0 Å². The highest BCUT2D eigenvalue weighted by Crippen LogP contribution is 2.20. The number of anilines is 5. The minimum atomic E-state index is -0.284. The molecular formula is C22H26N6O. The third kappa shape index (κ3) is 5.68. The van der Waals surface area contributed by atoms with E-state index in [0.717, 1.165) is 34.0 Å². The van der Waals surface area contributed by atoms with Crippen LogP contribution in [0.25, 0.3) is 0 Å². The predicted molar refractivity (Wildman–Crippen MR) is 119 cm³/mol. The first-order chi connectivity index (χ1) is 13.8. The number of nitrogens with zero attached hydrogens (tertiary/aromatic N) is 3. The lowest BCUT2D eigenvalue weighted by atomic mass is 10.1. The molecule has 0 saturated heterocycles.